The van der Waals surface area contributed by atoms with Gasteiger partial charge in [-0.3, -0.25) is 9.59 Å². The van der Waals surface area contributed by atoms with Gasteiger partial charge < -0.3 is 20.5 Å². The number of benzene rings is 1. The first kappa shape index (κ1) is 14.6. The summed E-state index contributed by atoms with van der Waals surface area (Å²) in [6, 6.07) is 9.19. The lowest BCUT2D eigenvalue weighted by Gasteiger charge is -2.35. The van der Waals surface area contributed by atoms with Crippen molar-refractivity contribution in [2.75, 3.05) is 26.2 Å². The van der Waals surface area contributed by atoms with Crippen molar-refractivity contribution in [2.45, 2.75) is 13.0 Å². The number of nitrogens with one attached hydrogen (secondary N) is 1. The molecule has 1 fully saturated rings. The maximum Gasteiger partial charge on any atom is 0.270 e. The van der Waals surface area contributed by atoms with Crippen molar-refractivity contribution < 1.29 is 9.59 Å². The monoisotopic (exact) mass is 300 g/mol. The topological polar surface area (TPSA) is 82.4 Å². The molecular weight excluding hydrogens is 280 g/mol. The molecule has 0 unspecified atom stereocenters. The van der Waals surface area contributed by atoms with Crippen LogP contribution >= 0.6 is 0 Å². The fraction of sp³-hybridized carbons (Fsp3) is 0.375. The number of hydrogen-bond donors (Lipinski definition) is 2. The highest BCUT2D eigenvalue weighted by molar-refractivity contribution is 5.98. The van der Waals surface area contributed by atoms with Crippen LogP contribution in [-0.2, 0) is 4.79 Å². The van der Waals surface area contributed by atoms with Crippen molar-refractivity contribution in [3.05, 3.63) is 36.0 Å². The van der Waals surface area contributed by atoms with Gasteiger partial charge in [-0.1, -0.05) is 18.2 Å². The Balaban J connectivity index is 1.68. The Kier molecular flexibility index (Phi) is 3.85. The normalized spacial score (nSPS) is 16.8. The molecule has 1 aliphatic heterocycles. The highest BCUT2D eigenvalue weighted by Crippen LogP contribution is 2.17. The highest BCUT2D eigenvalue weighted by Gasteiger charge is 2.26. The minimum Gasteiger partial charge on any atom is -0.351 e. The number of nitrogens with zero attached hydrogens (tertiary/aromatic N) is 2. The van der Waals surface area contributed by atoms with Crippen LogP contribution in [-0.4, -0.2) is 58.8 Å². The van der Waals surface area contributed by atoms with E-state index in [2.05, 4.69) is 4.98 Å². The lowest BCUT2D eigenvalue weighted by atomic mass is 10.2. The number of fused-ring (bicyclic) bond motifs is 1. The summed E-state index contributed by atoms with van der Waals surface area (Å²) in [6.07, 6.45) is 0. The number of piperazine rings is 1. The molecule has 1 aromatic heterocycles. The quantitative estimate of drug-likeness (QED) is 0.860. The van der Waals surface area contributed by atoms with Crippen LogP contribution in [0.2, 0.25) is 0 Å². The molecule has 0 radical (unpaired) electrons. The number of nitrogens with two attached hydrogens (primary N) is 1. The van der Waals surface area contributed by atoms with Crippen LogP contribution in [0.1, 0.15) is 17.4 Å². The number of carbonyl (C=O) groups excluding carboxylic acids is 2. The minimum absolute atomic E-state index is 0.0240. The van der Waals surface area contributed by atoms with Crippen molar-refractivity contribution in [1.29, 1.82) is 0 Å². The molecule has 1 atom stereocenters. The van der Waals surface area contributed by atoms with Gasteiger partial charge in [0.15, 0.2) is 0 Å². The number of para-hydroxylation sites is 1. The Bertz CT molecular complexity index is 666. The zero-order valence-corrected chi connectivity index (χ0v) is 12.6. The third-order valence-electron chi connectivity index (χ3n) is 4.03. The largest absolute Gasteiger partial charge is 0.351 e. The number of aromatic amines is 1. The van der Waals surface area contributed by atoms with Crippen LogP contribution < -0.4 is 5.73 Å². The summed E-state index contributed by atoms with van der Waals surface area (Å²) in [6.45, 7) is 3.82. The van der Waals surface area contributed by atoms with Gasteiger partial charge in [0.05, 0.1) is 6.04 Å². The van der Waals surface area contributed by atoms with Crippen LogP contribution in [0.3, 0.4) is 0 Å². The molecule has 1 saturated heterocycles. The van der Waals surface area contributed by atoms with Crippen molar-refractivity contribution in [2.24, 2.45) is 5.73 Å². The molecule has 3 rings (SSSR count). The number of amides is 2. The van der Waals surface area contributed by atoms with Crippen LogP contribution in [0.25, 0.3) is 10.9 Å². The molecule has 2 aromatic rings. The fourth-order valence-electron chi connectivity index (χ4n) is 2.78. The maximum atomic E-state index is 12.5. The van der Waals surface area contributed by atoms with E-state index in [1.54, 1.807) is 16.7 Å². The number of rotatable bonds is 2. The predicted octanol–water partition coefficient (Wildman–Crippen LogP) is 0.799. The third kappa shape index (κ3) is 2.69. The lowest BCUT2D eigenvalue weighted by molar-refractivity contribution is -0.133. The molecule has 6 heteroatoms. The van der Waals surface area contributed by atoms with Gasteiger partial charge in [0.2, 0.25) is 5.91 Å². The molecule has 6 nitrogen and oxygen atoms in total. The van der Waals surface area contributed by atoms with Gasteiger partial charge in [-0.2, -0.15) is 0 Å². The number of H-pyrrole nitrogens is 1. The second-order valence-corrected chi connectivity index (χ2v) is 5.68. The molecule has 0 saturated carbocycles. The van der Waals surface area contributed by atoms with E-state index in [1.807, 2.05) is 30.3 Å². The summed E-state index contributed by atoms with van der Waals surface area (Å²) >= 11 is 0. The SMILES string of the molecule is C[C@@H](N)C(=O)N1CCN(C(=O)c2cc3ccccc3[nH]2)CC1. The van der Waals surface area contributed by atoms with Crippen molar-refractivity contribution in [3.8, 4) is 0 Å². The zero-order valence-electron chi connectivity index (χ0n) is 12.6. The van der Waals surface area contributed by atoms with Crippen LogP contribution in [0.15, 0.2) is 30.3 Å². The van der Waals surface area contributed by atoms with E-state index >= 15 is 0 Å². The molecule has 116 valence electrons. The number of carbonyl (C=O) groups is 2. The number of aromatic nitrogens is 1. The van der Waals surface area contributed by atoms with Gasteiger partial charge in [-0.15, -0.1) is 0 Å². The standard InChI is InChI=1S/C16H20N4O2/c1-11(17)15(21)19-6-8-20(9-7-19)16(22)14-10-12-4-2-3-5-13(12)18-14/h2-5,10-11,18H,6-9,17H2,1H3/t11-/m1/s1. The summed E-state index contributed by atoms with van der Waals surface area (Å²) in [5.41, 5.74) is 7.16. The van der Waals surface area contributed by atoms with Crippen LogP contribution in [0.5, 0.6) is 0 Å². The average molecular weight is 300 g/mol. The van der Waals surface area contributed by atoms with E-state index in [9.17, 15) is 9.59 Å². The van der Waals surface area contributed by atoms with Gasteiger partial charge in [0.1, 0.15) is 5.69 Å². The highest BCUT2D eigenvalue weighted by atomic mass is 16.2. The lowest BCUT2D eigenvalue weighted by Crippen LogP contribution is -2.53. The van der Waals surface area contributed by atoms with E-state index in [0.29, 0.717) is 31.9 Å². The first-order valence-corrected chi connectivity index (χ1v) is 7.47. The van der Waals surface area contributed by atoms with Gasteiger partial charge in [0.25, 0.3) is 5.91 Å². The Morgan fingerprint density at radius 1 is 1.14 bits per heavy atom. The van der Waals surface area contributed by atoms with E-state index < -0.39 is 6.04 Å². The maximum absolute atomic E-state index is 12.5. The molecule has 0 bridgehead atoms. The zero-order chi connectivity index (χ0) is 15.7. The first-order chi connectivity index (χ1) is 10.6. The van der Waals surface area contributed by atoms with Crippen molar-refractivity contribution >= 4 is 22.7 Å². The van der Waals surface area contributed by atoms with E-state index in [1.165, 1.54) is 0 Å². The van der Waals surface area contributed by atoms with Crippen LogP contribution in [0.4, 0.5) is 0 Å². The first-order valence-electron chi connectivity index (χ1n) is 7.47. The molecule has 3 N–H and O–H groups in total. The molecule has 1 aromatic carbocycles. The molecule has 0 aliphatic carbocycles. The Labute approximate surface area is 128 Å². The summed E-state index contributed by atoms with van der Waals surface area (Å²) in [5, 5.41) is 1.02. The third-order valence-corrected chi connectivity index (χ3v) is 4.03. The Morgan fingerprint density at radius 2 is 1.77 bits per heavy atom. The van der Waals surface area contributed by atoms with Gasteiger partial charge >= 0.3 is 0 Å². The molecule has 2 amide bonds. The average Bonchev–Trinajstić information content (AvgIpc) is 2.97. The second-order valence-electron chi connectivity index (χ2n) is 5.68. The Morgan fingerprint density at radius 3 is 2.41 bits per heavy atom. The molecule has 22 heavy (non-hydrogen) atoms. The molecule has 2 heterocycles. The molecular formula is C16H20N4O2. The van der Waals surface area contributed by atoms with E-state index in [4.69, 9.17) is 5.73 Å². The summed E-state index contributed by atoms with van der Waals surface area (Å²) in [7, 11) is 0. The summed E-state index contributed by atoms with van der Waals surface area (Å²) < 4.78 is 0. The smallest absolute Gasteiger partial charge is 0.270 e. The second kappa shape index (κ2) is 5.81. The van der Waals surface area contributed by atoms with Gasteiger partial charge in [0, 0.05) is 37.1 Å². The van der Waals surface area contributed by atoms with E-state index in [0.717, 1.165) is 10.9 Å². The Hall–Kier alpha value is -2.34. The van der Waals surface area contributed by atoms with Crippen molar-refractivity contribution in [1.82, 2.24) is 14.8 Å². The van der Waals surface area contributed by atoms with Gasteiger partial charge in [-0.05, 0) is 19.1 Å². The fourth-order valence-corrected chi connectivity index (χ4v) is 2.78. The number of hydrogen-bond acceptors (Lipinski definition) is 3. The van der Waals surface area contributed by atoms with Crippen LogP contribution in [0, 0.1) is 0 Å². The van der Waals surface area contributed by atoms with Crippen molar-refractivity contribution in [3.63, 3.8) is 0 Å². The van der Waals surface area contributed by atoms with E-state index in [-0.39, 0.29) is 11.8 Å². The molecule has 0 spiro atoms. The predicted molar refractivity (Wildman–Crippen MR) is 84.4 cm³/mol. The minimum atomic E-state index is -0.490. The summed E-state index contributed by atoms with van der Waals surface area (Å²) in [4.78, 5) is 31.0. The van der Waals surface area contributed by atoms with Gasteiger partial charge in [-0.25, -0.2) is 0 Å². The summed E-state index contributed by atoms with van der Waals surface area (Å²) in [5.74, 6) is -0.0817. The molecule has 1 aliphatic rings.